The third-order valence-corrected chi connectivity index (χ3v) is 5.37. The lowest BCUT2D eigenvalue weighted by Crippen LogP contribution is -2.14. The summed E-state index contributed by atoms with van der Waals surface area (Å²) in [6, 6.07) is 9.19. The van der Waals surface area contributed by atoms with E-state index >= 15 is 0 Å². The topological polar surface area (TPSA) is 112 Å². The highest BCUT2D eigenvalue weighted by Gasteiger charge is 2.32. The van der Waals surface area contributed by atoms with Gasteiger partial charge in [-0.15, -0.1) is 16.4 Å². The summed E-state index contributed by atoms with van der Waals surface area (Å²) in [4.78, 5) is 33.1. The molecule has 2 aromatic heterocycles. The van der Waals surface area contributed by atoms with E-state index in [1.54, 1.807) is 6.07 Å². The molecule has 3 heterocycles. The van der Waals surface area contributed by atoms with E-state index < -0.39 is 18.1 Å². The Morgan fingerprint density at radius 2 is 2.04 bits per heavy atom. The molecule has 142 valence electrons. The van der Waals surface area contributed by atoms with E-state index in [-0.39, 0.29) is 11.6 Å². The van der Waals surface area contributed by atoms with Crippen molar-refractivity contribution >= 4 is 40.5 Å². The fourth-order valence-corrected chi connectivity index (χ4v) is 4.11. The van der Waals surface area contributed by atoms with Crippen LogP contribution < -0.4 is 5.73 Å². The van der Waals surface area contributed by atoms with Crippen molar-refractivity contribution in [2.75, 3.05) is 0 Å². The van der Waals surface area contributed by atoms with Crippen molar-refractivity contribution in [1.82, 2.24) is 14.8 Å². The van der Waals surface area contributed by atoms with Crippen LogP contribution in [-0.4, -0.2) is 32.4 Å². The second-order valence-corrected chi connectivity index (χ2v) is 7.71. The number of fused-ring (bicyclic) bond motifs is 3. The number of aryl methyl sites for hydroxylation is 1. The zero-order chi connectivity index (χ0) is 20.0. The maximum atomic E-state index is 11.7. The van der Waals surface area contributed by atoms with Gasteiger partial charge in [-0.05, 0) is 19.1 Å². The molecule has 0 saturated heterocycles. The van der Waals surface area contributed by atoms with Gasteiger partial charge in [0.25, 0.3) is 12.1 Å². The van der Waals surface area contributed by atoms with E-state index in [9.17, 15) is 9.59 Å². The molecule has 1 aliphatic heterocycles. The molecule has 0 spiro atoms. The zero-order valence-electron chi connectivity index (χ0n) is 14.8. The molecule has 2 N–H and O–H groups in total. The number of carbonyl (C=O) groups is 2. The van der Waals surface area contributed by atoms with Gasteiger partial charge < -0.3 is 10.5 Å². The van der Waals surface area contributed by atoms with Crippen molar-refractivity contribution < 1.29 is 14.3 Å². The predicted molar refractivity (Wildman–Crippen MR) is 104 cm³/mol. The summed E-state index contributed by atoms with van der Waals surface area (Å²) >= 11 is 7.85. The minimum absolute atomic E-state index is 0.180. The molecule has 4 rings (SSSR count). The van der Waals surface area contributed by atoms with Crippen LogP contribution in [0.4, 0.5) is 0 Å². The van der Waals surface area contributed by atoms with Crippen LogP contribution in [-0.2, 0) is 9.53 Å². The summed E-state index contributed by atoms with van der Waals surface area (Å²) < 4.78 is 6.83. The molecule has 8 nitrogen and oxygen atoms in total. The fraction of sp³-hybridized carbons (Fsp3) is 0.167. The molecule has 1 aliphatic rings. The Bertz CT molecular complexity index is 1150. The molecule has 0 bridgehead atoms. The summed E-state index contributed by atoms with van der Waals surface area (Å²) in [7, 11) is 0. The number of esters is 1. The molecule has 0 fully saturated rings. The highest BCUT2D eigenvalue weighted by atomic mass is 35.5. The largest absolute Gasteiger partial charge is 0.432 e. The summed E-state index contributed by atoms with van der Waals surface area (Å²) in [6.07, 6.45) is -1.11. The van der Waals surface area contributed by atoms with E-state index in [4.69, 9.17) is 22.1 Å². The molecule has 1 aromatic carbocycles. The standard InChI is InChI=1S/C18H14ClN5O3S/c1-8-7-11-13(10-5-3-4-6-12(10)19)21-17(27-9(2)25)16-22-15(14(20)26)23-24(16)18(11)28-8/h3-7,17H,1-2H3,(H2,20,26). The first-order valence-electron chi connectivity index (χ1n) is 8.23. The van der Waals surface area contributed by atoms with Gasteiger partial charge in [0.05, 0.1) is 5.71 Å². The maximum absolute atomic E-state index is 11.7. The van der Waals surface area contributed by atoms with Gasteiger partial charge in [0.1, 0.15) is 5.00 Å². The third-order valence-electron chi connectivity index (χ3n) is 4.01. The van der Waals surface area contributed by atoms with Crippen molar-refractivity contribution in [2.45, 2.75) is 20.1 Å². The second kappa shape index (κ2) is 6.84. The molecule has 1 unspecified atom stereocenters. The van der Waals surface area contributed by atoms with Crippen LogP contribution in [0.5, 0.6) is 0 Å². The Labute approximate surface area is 168 Å². The number of hydrogen-bond acceptors (Lipinski definition) is 7. The lowest BCUT2D eigenvalue weighted by molar-refractivity contribution is -0.146. The van der Waals surface area contributed by atoms with Crippen LogP contribution in [0.25, 0.3) is 5.00 Å². The van der Waals surface area contributed by atoms with E-state index in [0.29, 0.717) is 21.3 Å². The third kappa shape index (κ3) is 3.08. The van der Waals surface area contributed by atoms with Gasteiger partial charge in [0, 0.05) is 28.0 Å². The Kier molecular flexibility index (Phi) is 4.48. The molecule has 0 aliphatic carbocycles. The minimum atomic E-state index is -1.11. The number of aromatic nitrogens is 3. The number of hydrogen-bond donors (Lipinski definition) is 1. The highest BCUT2D eigenvalue weighted by molar-refractivity contribution is 7.14. The van der Waals surface area contributed by atoms with Crippen LogP contribution in [0.1, 0.15) is 45.6 Å². The molecule has 1 amide bonds. The van der Waals surface area contributed by atoms with Crippen molar-refractivity contribution in [1.29, 1.82) is 0 Å². The van der Waals surface area contributed by atoms with Crippen LogP contribution in [0.2, 0.25) is 5.02 Å². The first-order valence-corrected chi connectivity index (χ1v) is 9.42. The number of primary amides is 1. The Hall–Kier alpha value is -3.04. The highest BCUT2D eigenvalue weighted by Crippen LogP contribution is 2.36. The molecule has 10 heteroatoms. The van der Waals surface area contributed by atoms with Crippen LogP contribution in [0, 0.1) is 6.92 Å². The minimum Gasteiger partial charge on any atom is -0.432 e. The molecule has 3 aromatic rings. The quantitative estimate of drug-likeness (QED) is 0.661. The van der Waals surface area contributed by atoms with E-state index in [1.165, 1.54) is 22.9 Å². The molecule has 0 radical (unpaired) electrons. The predicted octanol–water partition coefficient (Wildman–Crippen LogP) is 2.80. The lowest BCUT2D eigenvalue weighted by Gasteiger charge is -2.12. The number of nitrogens with two attached hydrogens (primary N) is 1. The number of carbonyl (C=O) groups excluding carboxylic acids is 2. The molecular weight excluding hydrogens is 402 g/mol. The van der Waals surface area contributed by atoms with Crippen molar-refractivity contribution in [3.63, 3.8) is 0 Å². The number of benzene rings is 1. The van der Waals surface area contributed by atoms with Crippen molar-refractivity contribution in [3.05, 3.63) is 63.0 Å². The summed E-state index contributed by atoms with van der Waals surface area (Å²) in [5.74, 6) is -1.33. The number of nitrogens with zero attached hydrogens (tertiary/aromatic N) is 4. The van der Waals surface area contributed by atoms with E-state index in [0.717, 1.165) is 10.4 Å². The van der Waals surface area contributed by atoms with Gasteiger partial charge in [-0.1, -0.05) is 29.8 Å². The number of thiophene rings is 1. The second-order valence-electron chi connectivity index (χ2n) is 6.06. The van der Waals surface area contributed by atoms with Gasteiger partial charge in [-0.25, -0.2) is 14.7 Å². The average Bonchev–Trinajstić information content (AvgIpc) is 3.20. The van der Waals surface area contributed by atoms with E-state index in [1.807, 2.05) is 31.2 Å². The van der Waals surface area contributed by atoms with Gasteiger partial charge in [-0.2, -0.15) is 0 Å². The molecule has 28 heavy (non-hydrogen) atoms. The van der Waals surface area contributed by atoms with Crippen LogP contribution in [0.3, 0.4) is 0 Å². The number of aliphatic imine (C=N–C) groups is 1. The molecular formula is C18H14ClN5O3S. The van der Waals surface area contributed by atoms with Crippen LogP contribution in [0.15, 0.2) is 35.3 Å². The van der Waals surface area contributed by atoms with Crippen LogP contribution >= 0.6 is 22.9 Å². The Balaban J connectivity index is 2.02. The normalized spacial score (nSPS) is 15.2. The summed E-state index contributed by atoms with van der Waals surface area (Å²) in [5.41, 5.74) is 7.31. The van der Waals surface area contributed by atoms with Crippen molar-refractivity contribution in [3.8, 4) is 5.00 Å². The molecule has 0 saturated carbocycles. The Morgan fingerprint density at radius 1 is 1.29 bits per heavy atom. The average molecular weight is 416 g/mol. The first-order chi connectivity index (χ1) is 13.3. The first kappa shape index (κ1) is 18.3. The number of amides is 1. The fourth-order valence-electron chi connectivity index (χ4n) is 2.92. The number of rotatable bonds is 3. The van der Waals surface area contributed by atoms with Gasteiger partial charge >= 0.3 is 5.97 Å². The van der Waals surface area contributed by atoms with Crippen molar-refractivity contribution in [2.24, 2.45) is 10.7 Å². The van der Waals surface area contributed by atoms with E-state index in [2.05, 4.69) is 15.1 Å². The number of ether oxygens (including phenoxy) is 1. The monoisotopic (exact) mass is 415 g/mol. The number of halogens is 1. The Morgan fingerprint density at radius 3 is 2.71 bits per heavy atom. The zero-order valence-corrected chi connectivity index (χ0v) is 16.4. The van der Waals surface area contributed by atoms with Gasteiger partial charge in [-0.3, -0.25) is 9.59 Å². The van der Waals surface area contributed by atoms with Gasteiger partial charge in [0.15, 0.2) is 5.82 Å². The smallest absolute Gasteiger partial charge is 0.304 e. The summed E-state index contributed by atoms with van der Waals surface area (Å²) in [5, 5.41) is 5.40. The summed E-state index contributed by atoms with van der Waals surface area (Å²) in [6.45, 7) is 3.21. The van der Waals surface area contributed by atoms with Gasteiger partial charge in [0.2, 0.25) is 5.82 Å². The molecule has 1 atom stereocenters. The SMILES string of the molecule is CC(=O)OC1N=C(c2ccccc2Cl)c2cc(C)sc2-n2nc(C(N)=O)nc21. The maximum Gasteiger partial charge on any atom is 0.304 e. The lowest BCUT2D eigenvalue weighted by atomic mass is 10.0.